The molecule has 29 heavy (non-hydrogen) atoms. The van der Waals surface area contributed by atoms with Crippen molar-refractivity contribution in [2.75, 3.05) is 24.8 Å². The molecule has 1 amide bonds. The highest BCUT2D eigenvalue weighted by Gasteiger charge is 2.32. The van der Waals surface area contributed by atoms with Crippen LogP contribution in [0.2, 0.25) is 0 Å². The number of fused-ring (bicyclic) bond motifs is 1. The number of thioether (sulfide) groups is 1. The Kier molecular flexibility index (Phi) is 5.49. The summed E-state index contributed by atoms with van der Waals surface area (Å²) in [5.74, 6) is 2.64. The van der Waals surface area contributed by atoms with Crippen LogP contribution in [0.4, 0.5) is 5.82 Å². The molecule has 0 bridgehead atoms. The molecule has 0 radical (unpaired) electrons. The number of amides is 1. The fourth-order valence-electron chi connectivity index (χ4n) is 3.52. The quantitative estimate of drug-likeness (QED) is 0.678. The van der Waals surface area contributed by atoms with E-state index < -0.39 is 0 Å². The van der Waals surface area contributed by atoms with Crippen molar-refractivity contribution >= 4 is 23.5 Å². The topological polar surface area (TPSA) is 65.4 Å². The number of carbonyl (C=O) groups is 1. The first-order chi connectivity index (χ1) is 14.1. The van der Waals surface area contributed by atoms with Crippen molar-refractivity contribution in [2.24, 2.45) is 0 Å². The van der Waals surface area contributed by atoms with Crippen LogP contribution in [-0.2, 0) is 4.79 Å². The Hall–Kier alpha value is -2.93. The molecule has 3 aromatic rings. The zero-order valence-corrected chi connectivity index (χ0v) is 17.5. The number of nitrogens with zero attached hydrogens (tertiary/aromatic N) is 2. The second-order valence-electron chi connectivity index (χ2n) is 6.67. The van der Waals surface area contributed by atoms with E-state index in [9.17, 15) is 4.79 Å². The van der Waals surface area contributed by atoms with Gasteiger partial charge in [-0.15, -0.1) is 11.8 Å². The lowest BCUT2D eigenvalue weighted by molar-refractivity contribution is -0.113. The van der Waals surface area contributed by atoms with Crippen LogP contribution >= 0.6 is 11.8 Å². The van der Waals surface area contributed by atoms with Crippen molar-refractivity contribution in [3.8, 4) is 17.2 Å². The van der Waals surface area contributed by atoms with Crippen molar-refractivity contribution < 1.29 is 14.3 Å². The van der Waals surface area contributed by atoms with Gasteiger partial charge in [0.1, 0.15) is 17.3 Å². The Morgan fingerprint density at radius 1 is 1.21 bits per heavy atom. The molecule has 150 valence electrons. The predicted molar refractivity (Wildman–Crippen MR) is 115 cm³/mol. The lowest BCUT2D eigenvalue weighted by Crippen LogP contribution is -2.15. The first-order valence-corrected chi connectivity index (χ1v) is 10.5. The van der Waals surface area contributed by atoms with E-state index in [4.69, 9.17) is 14.6 Å². The van der Waals surface area contributed by atoms with Gasteiger partial charge in [-0.2, -0.15) is 5.10 Å². The Balaban J connectivity index is 1.86. The van der Waals surface area contributed by atoms with Crippen molar-refractivity contribution in [1.29, 1.82) is 0 Å². The van der Waals surface area contributed by atoms with Gasteiger partial charge in [0, 0.05) is 11.1 Å². The maximum atomic E-state index is 12.5. The van der Waals surface area contributed by atoms with E-state index in [1.807, 2.05) is 56.3 Å². The Labute approximate surface area is 174 Å². The molecule has 2 heterocycles. The maximum Gasteiger partial charge on any atom is 0.235 e. The average molecular weight is 410 g/mol. The van der Waals surface area contributed by atoms with E-state index in [-0.39, 0.29) is 11.2 Å². The lowest BCUT2D eigenvalue weighted by atomic mass is 10.0. The summed E-state index contributed by atoms with van der Waals surface area (Å²) in [6.07, 6.45) is 0. The van der Waals surface area contributed by atoms with Gasteiger partial charge in [0.2, 0.25) is 5.91 Å². The molecule has 1 aliphatic heterocycles. The fourth-order valence-corrected chi connectivity index (χ4v) is 4.74. The first kappa shape index (κ1) is 19.4. The molecule has 2 aromatic carbocycles. The van der Waals surface area contributed by atoms with Crippen molar-refractivity contribution in [3.63, 3.8) is 0 Å². The summed E-state index contributed by atoms with van der Waals surface area (Å²) in [4.78, 5) is 12.5. The molecular weight excluding hydrogens is 386 g/mol. The molecule has 6 nitrogen and oxygen atoms in total. The molecule has 1 atom stereocenters. The number of ether oxygens (including phenoxy) is 2. The third kappa shape index (κ3) is 3.70. The van der Waals surface area contributed by atoms with Crippen molar-refractivity contribution in [1.82, 2.24) is 9.78 Å². The van der Waals surface area contributed by atoms with Gasteiger partial charge in [-0.05, 0) is 44.2 Å². The SMILES string of the molecule is CCOc1ccccc1[C@@H]1SCC(=O)Nc2c1c(C)nn2-c1ccc(OC)cc1. The molecule has 0 fully saturated rings. The third-order valence-electron chi connectivity index (χ3n) is 4.83. The molecule has 0 saturated heterocycles. The highest BCUT2D eigenvalue weighted by atomic mass is 32.2. The van der Waals surface area contributed by atoms with Gasteiger partial charge in [0.05, 0.1) is 36.1 Å². The predicted octanol–water partition coefficient (Wildman–Crippen LogP) is 4.36. The maximum absolute atomic E-state index is 12.5. The molecule has 1 aromatic heterocycles. The molecule has 0 saturated carbocycles. The zero-order valence-electron chi connectivity index (χ0n) is 16.6. The van der Waals surface area contributed by atoms with E-state index in [0.29, 0.717) is 18.2 Å². The largest absolute Gasteiger partial charge is 0.497 e. The third-order valence-corrected chi connectivity index (χ3v) is 6.08. The number of carbonyl (C=O) groups excluding carboxylic acids is 1. The Bertz CT molecular complexity index is 1030. The van der Waals surface area contributed by atoms with Gasteiger partial charge in [0.25, 0.3) is 0 Å². The Morgan fingerprint density at radius 2 is 1.97 bits per heavy atom. The van der Waals surface area contributed by atoms with E-state index in [1.165, 1.54) is 0 Å². The number of hydrogen-bond acceptors (Lipinski definition) is 5. The highest BCUT2D eigenvalue weighted by molar-refractivity contribution is 8.00. The Morgan fingerprint density at radius 3 is 2.69 bits per heavy atom. The average Bonchev–Trinajstić information content (AvgIpc) is 2.94. The van der Waals surface area contributed by atoms with Gasteiger partial charge >= 0.3 is 0 Å². The van der Waals surface area contributed by atoms with Gasteiger partial charge in [-0.3, -0.25) is 4.79 Å². The minimum Gasteiger partial charge on any atom is -0.497 e. The van der Waals surface area contributed by atoms with Gasteiger partial charge < -0.3 is 14.8 Å². The number of aromatic nitrogens is 2. The van der Waals surface area contributed by atoms with E-state index >= 15 is 0 Å². The van der Waals surface area contributed by atoms with Crippen LogP contribution in [0.15, 0.2) is 48.5 Å². The number of aryl methyl sites for hydroxylation is 1. The summed E-state index contributed by atoms with van der Waals surface area (Å²) in [6.45, 7) is 4.54. The molecule has 0 aliphatic carbocycles. The number of anilines is 1. The van der Waals surface area contributed by atoms with E-state index in [1.54, 1.807) is 23.6 Å². The second-order valence-corrected chi connectivity index (χ2v) is 7.76. The van der Waals surface area contributed by atoms with Crippen molar-refractivity contribution in [2.45, 2.75) is 19.1 Å². The number of para-hydroxylation sites is 1. The molecular formula is C22H23N3O3S. The normalized spacial score (nSPS) is 16.0. The fraction of sp³-hybridized carbons (Fsp3) is 0.273. The van der Waals surface area contributed by atoms with E-state index in [2.05, 4.69) is 11.4 Å². The van der Waals surface area contributed by atoms with Crippen LogP contribution in [0, 0.1) is 6.92 Å². The summed E-state index contributed by atoms with van der Waals surface area (Å²) in [5, 5.41) is 7.75. The van der Waals surface area contributed by atoms with E-state index in [0.717, 1.165) is 34.0 Å². The van der Waals surface area contributed by atoms with Gasteiger partial charge in [-0.25, -0.2) is 4.68 Å². The smallest absolute Gasteiger partial charge is 0.235 e. The number of hydrogen-bond donors (Lipinski definition) is 1. The summed E-state index contributed by atoms with van der Waals surface area (Å²) >= 11 is 1.59. The van der Waals surface area contributed by atoms with Crippen LogP contribution in [0.25, 0.3) is 5.69 Å². The molecule has 7 heteroatoms. The number of methoxy groups -OCH3 is 1. The van der Waals surface area contributed by atoms with Crippen LogP contribution in [0.5, 0.6) is 11.5 Å². The summed E-state index contributed by atoms with van der Waals surface area (Å²) < 4.78 is 12.9. The van der Waals surface area contributed by atoms with Crippen LogP contribution in [-0.4, -0.2) is 35.2 Å². The molecule has 1 aliphatic rings. The first-order valence-electron chi connectivity index (χ1n) is 9.49. The second kappa shape index (κ2) is 8.21. The molecule has 0 unspecified atom stereocenters. The monoisotopic (exact) mass is 409 g/mol. The van der Waals surface area contributed by atoms with Gasteiger partial charge in [0.15, 0.2) is 0 Å². The van der Waals surface area contributed by atoms with Crippen molar-refractivity contribution in [3.05, 3.63) is 65.4 Å². The highest BCUT2D eigenvalue weighted by Crippen LogP contribution is 2.46. The lowest BCUT2D eigenvalue weighted by Gasteiger charge is -2.19. The minimum atomic E-state index is -0.0568. The number of nitrogens with one attached hydrogen (secondary N) is 1. The van der Waals surface area contributed by atoms with Crippen LogP contribution in [0.1, 0.15) is 29.0 Å². The molecule has 4 rings (SSSR count). The van der Waals surface area contributed by atoms with Gasteiger partial charge in [-0.1, -0.05) is 18.2 Å². The number of rotatable bonds is 5. The standard InChI is InChI=1S/C22H23N3O3S/c1-4-28-18-8-6-5-7-17(18)21-20-14(2)24-25(22(20)23-19(26)13-29-21)15-9-11-16(27-3)12-10-15/h5-12,21H,4,13H2,1-3H3,(H,23,26)/t21-/m0/s1. The molecule has 0 spiro atoms. The summed E-state index contributed by atoms with van der Waals surface area (Å²) in [5.41, 5.74) is 3.79. The molecule has 1 N–H and O–H groups in total. The van der Waals surface area contributed by atoms with Crippen LogP contribution < -0.4 is 14.8 Å². The number of benzene rings is 2. The minimum absolute atomic E-state index is 0.0395. The van der Waals surface area contributed by atoms with Crippen LogP contribution in [0.3, 0.4) is 0 Å². The summed E-state index contributed by atoms with van der Waals surface area (Å²) in [6, 6.07) is 15.6. The zero-order chi connectivity index (χ0) is 20.4. The summed E-state index contributed by atoms with van der Waals surface area (Å²) in [7, 11) is 1.64.